The van der Waals surface area contributed by atoms with E-state index in [0.717, 1.165) is 18.4 Å². The summed E-state index contributed by atoms with van der Waals surface area (Å²) in [7, 11) is 1.92. The summed E-state index contributed by atoms with van der Waals surface area (Å²) in [5.41, 5.74) is 1.56. The number of carbonyl (C=O) groups is 3. The highest BCUT2D eigenvalue weighted by molar-refractivity contribution is 5.99. The van der Waals surface area contributed by atoms with Gasteiger partial charge in [-0.1, -0.05) is 33.1 Å². The number of ether oxygens (including phenoxy) is 2. The minimum absolute atomic E-state index is 0.0434. The standard InChI is InChI=1S/C28H43N5O5/c1-5-37-26(35)19-33-18-21-16-23(13-14-24(21)30-27(33)31-28(36)29-17-20(2)3)38-15-9-12-25(34)32(4)22-10-7-6-8-11-22/h13-14,16,20,22H,5-12,15,17-19H2,1-4H3,(H2,29,30,31,36). The first-order valence-electron chi connectivity index (χ1n) is 13.8. The van der Waals surface area contributed by atoms with Crippen LogP contribution >= 0.6 is 0 Å². The lowest BCUT2D eigenvalue weighted by molar-refractivity contribution is -0.143. The highest BCUT2D eigenvalue weighted by Gasteiger charge is 2.25. The molecule has 3 amide bonds. The van der Waals surface area contributed by atoms with Crippen molar-refractivity contribution >= 4 is 29.6 Å². The average Bonchev–Trinajstić information content (AvgIpc) is 2.90. The van der Waals surface area contributed by atoms with Gasteiger partial charge in [0.1, 0.15) is 12.3 Å². The number of benzene rings is 1. The monoisotopic (exact) mass is 529 g/mol. The molecule has 1 aromatic rings. The maximum atomic E-state index is 12.6. The zero-order valence-electron chi connectivity index (χ0n) is 23.3. The van der Waals surface area contributed by atoms with Gasteiger partial charge in [0.2, 0.25) is 11.9 Å². The first-order valence-corrected chi connectivity index (χ1v) is 13.8. The molecule has 0 saturated heterocycles. The maximum Gasteiger partial charge on any atom is 0.325 e. The van der Waals surface area contributed by atoms with E-state index in [1.807, 2.05) is 44.0 Å². The summed E-state index contributed by atoms with van der Waals surface area (Å²) in [6.45, 7) is 7.32. The van der Waals surface area contributed by atoms with Crippen LogP contribution in [0, 0.1) is 5.92 Å². The number of nitrogens with one attached hydrogen (secondary N) is 2. The normalized spacial score (nSPS) is 15.4. The van der Waals surface area contributed by atoms with E-state index in [4.69, 9.17) is 9.47 Å². The molecule has 1 aromatic carbocycles. The number of guanidine groups is 1. The van der Waals surface area contributed by atoms with Crippen LogP contribution in [-0.4, -0.2) is 73.1 Å². The van der Waals surface area contributed by atoms with Crippen molar-refractivity contribution in [3.05, 3.63) is 23.8 Å². The first kappa shape index (κ1) is 29.3. The van der Waals surface area contributed by atoms with Gasteiger partial charge in [-0.3, -0.25) is 14.9 Å². The van der Waals surface area contributed by atoms with E-state index in [1.54, 1.807) is 11.8 Å². The zero-order valence-corrected chi connectivity index (χ0v) is 23.3. The molecule has 2 N–H and O–H groups in total. The van der Waals surface area contributed by atoms with Crippen molar-refractivity contribution in [2.45, 2.75) is 78.3 Å². The van der Waals surface area contributed by atoms with Crippen molar-refractivity contribution in [1.29, 1.82) is 0 Å². The maximum absolute atomic E-state index is 12.6. The SMILES string of the molecule is CCOC(=O)CN1Cc2cc(OCCCC(=O)N(C)C3CCCCC3)ccc2N=C1NC(=O)NCC(C)C. The van der Waals surface area contributed by atoms with Gasteiger partial charge in [0.25, 0.3) is 0 Å². The van der Waals surface area contributed by atoms with Crippen molar-refractivity contribution in [3.8, 4) is 5.75 Å². The lowest BCUT2D eigenvalue weighted by Gasteiger charge is -2.31. The highest BCUT2D eigenvalue weighted by atomic mass is 16.5. The van der Waals surface area contributed by atoms with Crippen molar-refractivity contribution in [1.82, 2.24) is 20.4 Å². The molecule has 1 saturated carbocycles. The molecule has 0 atom stereocenters. The molecule has 0 aromatic heterocycles. The van der Waals surface area contributed by atoms with Gasteiger partial charge in [-0.25, -0.2) is 9.79 Å². The van der Waals surface area contributed by atoms with Gasteiger partial charge in [0, 0.05) is 38.2 Å². The molecular formula is C28H43N5O5. The largest absolute Gasteiger partial charge is 0.494 e. The van der Waals surface area contributed by atoms with E-state index >= 15 is 0 Å². The van der Waals surface area contributed by atoms with Crippen LogP contribution in [0.15, 0.2) is 23.2 Å². The van der Waals surface area contributed by atoms with Gasteiger partial charge >= 0.3 is 12.0 Å². The first-order chi connectivity index (χ1) is 18.3. The van der Waals surface area contributed by atoms with E-state index in [-0.39, 0.29) is 25.1 Å². The molecule has 38 heavy (non-hydrogen) atoms. The van der Waals surface area contributed by atoms with E-state index < -0.39 is 5.97 Å². The van der Waals surface area contributed by atoms with Gasteiger partial charge in [0.05, 0.1) is 18.9 Å². The summed E-state index contributed by atoms with van der Waals surface area (Å²) in [6.07, 6.45) is 6.97. The van der Waals surface area contributed by atoms with Crippen LogP contribution in [0.4, 0.5) is 10.5 Å². The zero-order chi connectivity index (χ0) is 27.5. The molecule has 10 nitrogen and oxygen atoms in total. The Bertz CT molecular complexity index is 990. The molecule has 1 fully saturated rings. The molecule has 2 aliphatic rings. The molecule has 1 aliphatic carbocycles. The van der Waals surface area contributed by atoms with E-state index in [2.05, 4.69) is 15.6 Å². The summed E-state index contributed by atoms with van der Waals surface area (Å²) in [5.74, 6) is 1.05. The van der Waals surface area contributed by atoms with Crippen LogP contribution in [0.25, 0.3) is 0 Å². The lowest BCUT2D eigenvalue weighted by atomic mass is 9.94. The minimum atomic E-state index is -0.400. The number of nitrogens with zero attached hydrogens (tertiary/aromatic N) is 3. The second-order valence-corrected chi connectivity index (χ2v) is 10.4. The average molecular weight is 530 g/mol. The third-order valence-electron chi connectivity index (χ3n) is 6.78. The Balaban J connectivity index is 1.58. The second kappa shape index (κ2) is 14.6. The van der Waals surface area contributed by atoms with Gasteiger partial charge in [-0.2, -0.15) is 0 Å². The Morgan fingerprint density at radius 1 is 1.18 bits per heavy atom. The summed E-state index contributed by atoms with van der Waals surface area (Å²) >= 11 is 0. The number of hydrogen-bond acceptors (Lipinski definition) is 7. The summed E-state index contributed by atoms with van der Waals surface area (Å²) < 4.78 is 11.0. The molecule has 10 heteroatoms. The van der Waals surface area contributed by atoms with Crippen LogP contribution in [0.5, 0.6) is 5.75 Å². The van der Waals surface area contributed by atoms with Crippen molar-refractivity contribution < 1.29 is 23.9 Å². The van der Waals surface area contributed by atoms with Crippen LogP contribution in [0.2, 0.25) is 0 Å². The molecule has 0 spiro atoms. The highest BCUT2D eigenvalue weighted by Crippen LogP contribution is 2.30. The number of hydrogen-bond donors (Lipinski definition) is 2. The number of esters is 1. The molecule has 1 aliphatic heterocycles. The second-order valence-electron chi connectivity index (χ2n) is 10.4. The predicted molar refractivity (Wildman–Crippen MR) is 146 cm³/mol. The molecule has 0 unspecified atom stereocenters. The van der Waals surface area contributed by atoms with Crippen molar-refractivity contribution in [2.75, 3.05) is 33.4 Å². The third-order valence-corrected chi connectivity index (χ3v) is 6.78. The lowest BCUT2D eigenvalue weighted by Crippen LogP contribution is -2.50. The minimum Gasteiger partial charge on any atom is -0.494 e. The fourth-order valence-corrected chi connectivity index (χ4v) is 4.66. The summed E-state index contributed by atoms with van der Waals surface area (Å²) in [6, 6.07) is 5.55. The van der Waals surface area contributed by atoms with Crippen LogP contribution in [0.1, 0.15) is 71.3 Å². The van der Waals surface area contributed by atoms with Gasteiger partial charge < -0.3 is 24.6 Å². The summed E-state index contributed by atoms with van der Waals surface area (Å²) in [5, 5.41) is 5.57. The van der Waals surface area contributed by atoms with Crippen molar-refractivity contribution in [3.63, 3.8) is 0 Å². The molecule has 1 heterocycles. The Kier molecular flexibility index (Phi) is 11.2. The molecule has 0 bridgehead atoms. The van der Waals surface area contributed by atoms with Crippen LogP contribution in [-0.2, 0) is 20.9 Å². The van der Waals surface area contributed by atoms with Gasteiger partial charge in [0.15, 0.2) is 0 Å². The third kappa shape index (κ3) is 8.92. The Labute approximate surface area is 226 Å². The van der Waals surface area contributed by atoms with Crippen LogP contribution in [0.3, 0.4) is 0 Å². The number of fused-ring (bicyclic) bond motifs is 1. The Morgan fingerprint density at radius 2 is 1.95 bits per heavy atom. The molecule has 210 valence electrons. The summed E-state index contributed by atoms with van der Waals surface area (Å²) in [4.78, 5) is 45.3. The quantitative estimate of drug-likeness (QED) is 0.332. The number of urea groups is 1. The Hall–Kier alpha value is -3.30. The van der Waals surface area contributed by atoms with Gasteiger partial charge in [-0.05, 0) is 50.3 Å². The molecule has 3 rings (SSSR count). The van der Waals surface area contributed by atoms with Crippen molar-refractivity contribution in [2.24, 2.45) is 10.9 Å². The predicted octanol–water partition coefficient (Wildman–Crippen LogP) is 3.96. The Morgan fingerprint density at radius 3 is 2.66 bits per heavy atom. The van der Waals surface area contributed by atoms with E-state index in [9.17, 15) is 14.4 Å². The van der Waals surface area contributed by atoms with E-state index in [1.165, 1.54) is 19.3 Å². The number of amides is 3. The van der Waals surface area contributed by atoms with Crippen LogP contribution < -0.4 is 15.4 Å². The smallest absolute Gasteiger partial charge is 0.325 e. The number of aliphatic imine (C=N–C) groups is 1. The van der Waals surface area contributed by atoms with E-state index in [0.29, 0.717) is 61.9 Å². The number of rotatable bonds is 11. The number of carbonyl (C=O) groups excluding carboxylic acids is 3. The molecular weight excluding hydrogens is 486 g/mol. The topological polar surface area (TPSA) is 113 Å². The molecule has 0 radical (unpaired) electrons. The van der Waals surface area contributed by atoms with Gasteiger partial charge in [-0.15, -0.1) is 0 Å². The fourth-order valence-electron chi connectivity index (χ4n) is 4.66. The fraction of sp³-hybridized carbons (Fsp3) is 0.643.